The highest BCUT2D eigenvalue weighted by molar-refractivity contribution is 5.76. The number of hydrogen-bond donors (Lipinski definition) is 2. The van der Waals surface area contributed by atoms with Crippen LogP contribution in [0.5, 0.6) is 11.5 Å². The number of benzene rings is 2. The number of hydrogen-bond acceptors (Lipinski definition) is 5. The highest BCUT2D eigenvalue weighted by atomic mass is 16.3. The van der Waals surface area contributed by atoms with Crippen molar-refractivity contribution >= 4 is 10.9 Å². The number of rotatable bonds is 0. The normalized spacial score (nSPS) is 9.56. The standard InChI is InChI=1S/C7H5N3.C6H6O2/c1-2-4-7-6(3-1)5-8-10-9-7;7-5-3-1-2-4-6(5)8/h1-5H;1-4,7-8H. The van der Waals surface area contributed by atoms with Gasteiger partial charge >= 0.3 is 0 Å². The molecule has 0 aliphatic carbocycles. The lowest BCUT2D eigenvalue weighted by Gasteiger charge is -1.91. The molecule has 0 fully saturated rings. The van der Waals surface area contributed by atoms with Crippen molar-refractivity contribution in [3.05, 3.63) is 54.7 Å². The molecule has 2 aromatic carbocycles. The van der Waals surface area contributed by atoms with Gasteiger partial charge in [-0.1, -0.05) is 30.3 Å². The van der Waals surface area contributed by atoms with E-state index in [1.54, 1.807) is 18.3 Å². The number of nitrogens with zero attached hydrogens (tertiary/aromatic N) is 3. The molecule has 3 aromatic rings. The Labute approximate surface area is 103 Å². The zero-order chi connectivity index (χ0) is 12.8. The first-order chi connectivity index (χ1) is 8.77. The van der Waals surface area contributed by atoms with Crippen LogP contribution in [0.25, 0.3) is 10.9 Å². The molecule has 18 heavy (non-hydrogen) atoms. The minimum atomic E-state index is -0.0764. The van der Waals surface area contributed by atoms with Crippen LogP contribution >= 0.6 is 0 Å². The van der Waals surface area contributed by atoms with Crippen molar-refractivity contribution in [2.45, 2.75) is 0 Å². The molecule has 0 bridgehead atoms. The van der Waals surface area contributed by atoms with Gasteiger partial charge in [0, 0.05) is 5.39 Å². The lowest BCUT2D eigenvalue weighted by atomic mass is 10.2. The predicted molar refractivity (Wildman–Crippen MR) is 67.1 cm³/mol. The number of fused-ring (bicyclic) bond motifs is 1. The Morgan fingerprint density at radius 1 is 0.778 bits per heavy atom. The quantitative estimate of drug-likeness (QED) is 0.589. The zero-order valence-corrected chi connectivity index (χ0v) is 9.43. The summed E-state index contributed by atoms with van der Waals surface area (Å²) in [7, 11) is 0. The smallest absolute Gasteiger partial charge is 0.157 e. The van der Waals surface area contributed by atoms with E-state index >= 15 is 0 Å². The molecule has 0 aliphatic rings. The molecule has 0 saturated heterocycles. The fourth-order valence-corrected chi connectivity index (χ4v) is 1.31. The molecular weight excluding hydrogens is 230 g/mol. The number of para-hydroxylation sites is 2. The average molecular weight is 241 g/mol. The highest BCUT2D eigenvalue weighted by Crippen LogP contribution is 2.21. The van der Waals surface area contributed by atoms with E-state index in [0.29, 0.717) is 0 Å². The molecule has 0 spiro atoms. The lowest BCUT2D eigenvalue weighted by Crippen LogP contribution is -1.85. The van der Waals surface area contributed by atoms with Crippen molar-refractivity contribution in [1.82, 2.24) is 15.4 Å². The van der Waals surface area contributed by atoms with Crippen LogP contribution in [0.15, 0.2) is 54.7 Å². The van der Waals surface area contributed by atoms with Crippen LogP contribution in [0.3, 0.4) is 0 Å². The minimum absolute atomic E-state index is 0.0764. The van der Waals surface area contributed by atoms with E-state index in [2.05, 4.69) is 15.4 Å². The topological polar surface area (TPSA) is 79.1 Å². The molecule has 0 saturated carbocycles. The van der Waals surface area contributed by atoms with Gasteiger partial charge in [0.1, 0.15) is 0 Å². The Kier molecular flexibility index (Phi) is 3.66. The largest absolute Gasteiger partial charge is 0.504 e. The number of phenols is 2. The first-order valence-corrected chi connectivity index (χ1v) is 5.27. The van der Waals surface area contributed by atoms with Crippen molar-refractivity contribution in [2.75, 3.05) is 0 Å². The Balaban J connectivity index is 0.000000138. The summed E-state index contributed by atoms with van der Waals surface area (Å²) in [6, 6.07) is 13.9. The molecule has 0 atom stereocenters. The van der Waals surface area contributed by atoms with E-state index in [9.17, 15) is 0 Å². The van der Waals surface area contributed by atoms with E-state index in [1.165, 1.54) is 12.1 Å². The summed E-state index contributed by atoms with van der Waals surface area (Å²) in [6.07, 6.45) is 1.70. The van der Waals surface area contributed by atoms with Crippen LogP contribution in [0.1, 0.15) is 0 Å². The summed E-state index contributed by atoms with van der Waals surface area (Å²) >= 11 is 0. The van der Waals surface area contributed by atoms with E-state index in [0.717, 1.165) is 10.9 Å². The van der Waals surface area contributed by atoms with E-state index in [4.69, 9.17) is 10.2 Å². The second kappa shape index (κ2) is 5.58. The molecule has 2 N–H and O–H groups in total. The van der Waals surface area contributed by atoms with Gasteiger partial charge in [0.15, 0.2) is 11.5 Å². The van der Waals surface area contributed by atoms with Crippen molar-refractivity contribution in [3.63, 3.8) is 0 Å². The van der Waals surface area contributed by atoms with Gasteiger partial charge in [-0.2, -0.15) is 0 Å². The first kappa shape index (κ1) is 11.8. The summed E-state index contributed by atoms with van der Waals surface area (Å²) in [6.45, 7) is 0. The van der Waals surface area contributed by atoms with E-state index in [1.807, 2.05) is 24.3 Å². The van der Waals surface area contributed by atoms with E-state index in [-0.39, 0.29) is 11.5 Å². The van der Waals surface area contributed by atoms with Crippen molar-refractivity contribution < 1.29 is 10.2 Å². The van der Waals surface area contributed by atoms with Gasteiger partial charge in [0.05, 0.1) is 11.7 Å². The second-order valence-corrected chi connectivity index (χ2v) is 3.48. The third-order valence-electron chi connectivity index (χ3n) is 2.22. The summed E-state index contributed by atoms with van der Waals surface area (Å²) in [5.74, 6) is -0.153. The Morgan fingerprint density at radius 2 is 1.39 bits per heavy atom. The summed E-state index contributed by atoms with van der Waals surface area (Å²) in [5, 5.41) is 29.3. The molecule has 0 aliphatic heterocycles. The summed E-state index contributed by atoms with van der Waals surface area (Å²) in [5.41, 5.74) is 0.887. The lowest BCUT2D eigenvalue weighted by molar-refractivity contribution is 0.404. The maximum atomic E-state index is 8.67. The Morgan fingerprint density at radius 3 is 2.00 bits per heavy atom. The van der Waals surface area contributed by atoms with Gasteiger partial charge in [-0.15, -0.1) is 10.2 Å². The predicted octanol–water partition coefficient (Wildman–Crippen LogP) is 2.12. The van der Waals surface area contributed by atoms with Crippen molar-refractivity contribution in [1.29, 1.82) is 0 Å². The summed E-state index contributed by atoms with van der Waals surface area (Å²) < 4.78 is 0. The molecule has 1 aromatic heterocycles. The maximum absolute atomic E-state index is 8.67. The average Bonchev–Trinajstić information content (AvgIpc) is 2.43. The van der Waals surface area contributed by atoms with Gasteiger partial charge in [-0.3, -0.25) is 0 Å². The molecule has 5 nitrogen and oxygen atoms in total. The fraction of sp³-hybridized carbons (Fsp3) is 0. The monoisotopic (exact) mass is 241 g/mol. The Bertz CT molecular complexity index is 557. The molecular formula is C13H11N3O2. The van der Waals surface area contributed by atoms with Crippen molar-refractivity contribution in [2.24, 2.45) is 0 Å². The van der Waals surface area contributed by atoms with E-state index < -0.39 is 0 Å². The summed E-state index contributed by atoms with van der Waals surface area (Å²) in [4.78, 5) is 0. The number of aromatic nitrogens is 3. The highest BCUT2D eigenvalue weighted by Gasteiger charge is 1.90. The fourth-order valence-electron chi connectivity index (χ4n) is 1.31. The molecule has 3 rings (SSSR count). The van der Waals surface area contributed by atoms with Crippen LogP contribution in [-0.4, -0.2) is 25.6 Å². The zero-order valence-electron chi connectivity index (χ0n) is 9.43. The minimum Gasteiger partial charge on any atom is -0.504 e. The molecule has 5 heteroatoms. The number of phenolic OH excluding ortho intramolecular Hbond substituents is 2. The van der Waals surface area contributed by atoms with Gasteiger partial charge in [-0.05, 0) is 23.4 Å². The SMILES string of the molecule is Oc1ccccc1O.c1ccc2nnncc2c1. The van der Waals surface area contributed by atoms with Gasteiger partial charge < -0.3 is 10.2 Å². The van der Waals surface area contributed by atoms with Gasteiger partial charge in [0.2, 0.25) is 0 Å². The van der Waals surface area contributed by atoms with Crippen molar-refractivity contribution in [3.8, 4) is 11.5 Å². The first-order valence-electron chi connectivity index (χ1n) is 5.27. The molecule has 90 valence electrons. The van der Waals surface area contributed by atoms with Crippen LogP contribution < -0.4 is 0 Å². The van der Waals surface area contributed by atoms with Crippen LogP contribution in [0, 0.1) is 0 Å². The van der Waals surface area contributed by atoms with Gasteiger partial charge in [0.25, 0.3) is 0 Å². The van der Waals surface area contributed by atoms with Gasteiger partial charge in [-0.25, -0.2) is 0 Å². The molecule has 0 unspecified atom stereocenters. The molecule has 0 radical (unpaired) electrons. The molecule has 0 amide bonds. The van der Waals surface area contributed by atoms with Crippen LogP contribution in [0.4, 0.5) is 0 Å². The maximum Gasteiger partial charge on any atom is 0.157 e. The van der Waals surface area contributed by atoms with Crippen LogP contribution in [0.2, 0.25) is 0 Å². The van der Waals surface area contributed by atoms with Crippen LogP contribution in [-0.2, 0) is 0 Å². The Hall–Kier alpha value is -2.69. The molecule has 1 heterocycles. The third-order valence-corrected chi connectivity index (χ3v) is 2.22. The second-order valence-electron chi connectivity index (χ2n) is 3.48. The third kappa shape index (κ3) is 2.91. The number of aromatic hydroxyl groups is 2.